The molecule has 3 rings (SSSR count). The Morgan fingerprint density at radius 2 is 1.90 bits per heavy atom. The molecule has 1 atom stereocenters. The molecule has 0 aromatic heterocycles. The first kappa shape index (κ1) is 14.3. The van der Waals surface area contributed by atoms with Crippen LogP contribution in [0.5, 0.6) is 0 Å². The molecule has 3 fully saturated rings. The lowest BCUT2D eigenvalue weighted by Crippen LogP contribution is -2.55. The average molecular weight is 279 g/mol. The lowest BCUT2D eigenvalue weighted by molar-refractivity contribution is -0.137. The molecule has 1 amide bonds. The summed E-state index contributed by atoms with van der Waals surface area (Å²) < 4.78 is 0. The van der Waals surface area contributed by atoms with Crippen LogP contribution in [-0.4, -0.2) is 60.0 Å². The number of likely N-dealkylation sites (tertiary alicyclic amines) is 2. The third kappa shape index (κ3) is 2.86. The first-order valence-electron chi connectivity index (χ1n) is 8.33. The van der Waals surface area contributed by atoms with Gasteiger partial charge < -0.3 is 15.1 Å². The molecule has 2 heterocycles. The predicted molar refractivity (Wildman–Crippen MR) is 80.6 cm³/mol. The number of nitrogens with one attached hydrogen (secondary N) is 1. The molecular weight excluding hydrogens is 250 g/mol. The minimum atomic E-state index is 0.267. The normalized spacial score (nSPS) is 30.7. The Hall–Kier alpha value is -0.610. The van der Waals surface area contributed by atoms with Crippen molar-refractivity contribution in [3.63, 3.8) is 0 Å². The van der Waals surface area contributed by atoms with Crippen LogP contribution in [-0.2, 0) is 4.79 Å². The van der Waals surface area contributed by atoms with Crippen molar-refractivity contribution in [3.8, 4) is 0 Å². The van der Waals surface area contributed by atoms with Crippen molar-refractivity contribution in [2.75, 3.05) is 26.7 Å². The molecule has 4 heteroatoms. The van der Waals surface area contributed by atoms with Gasteiger partial charge in [0.1, 0.15) is 0 Å². The number of nitrogens with zero attached hydrogens (tertiary/aromatic N) is 2. The smallest absolute Gasteiger partial charge is 0.220 e. The maximum Gasteiger partial charge on any atom is 0.220 e. The van der Waals surface area contributed by atoms with Gasteiger partial charge in [0.25, 0.3) is 0 Å². The highest BCUT2D eigenvalue weighted by Gasteiger charge is 2.53. The first-order valence-corrected chi connectivity index (χ1v) is 8.33. The van der Waals surface area contributed by atoms with E-state index in [4.69, 9.17) is 0 Å². The van der Waals surface area contributed by atoms with E-state index in [1.54, 1.807) is 6.92 Å². The van der Waals surface area contributed by atoms with Crippen molar-refractivity contribution in [1.29, 1.82) is 0 Å². The molecule has 20 heavy (non-hydrogen) atoms. The average Bonchev–Trinajstić information content (AvgIpc) is 3.17. The SMILES string of the molecule is CC(=O)N1C(CNC2CCN(C)CC2)CCCC12CC2. The Morgan fingerprint density at radius 1 is 1.20 bits per heavy atom. The van der Waals surface area contributed by atoms with E-state index in [1.807, 2.05) is 0 Å². The van der Waals surface area contributed by atoms with Crippen LogP contribution < -0.4 is 5.32 Å². The summed E-state index contributed by atoms with van der Waals surface area (Å²) in [6.07, 6.45) is 8.67. The van der Waals surface area contributed by atoms with Crippen molar-refractivity contribution in [3.05, 3.63) is 0 Å². The summed E-state index contributed by atoms with van der Waals surface area (Å²) in [6, 6.07) is 1.08. The van der Waals surface area contributed by atoms with E-state index in [2.05, 4.69) is 22.2 Å². The molecule has 1 saturated carbocycles. The van der Waals surface area contributed by atoms with Crippen LogP contribution in [0.25, 0.3) is 0 Å². The number of hydrogen-bond acceptors (Lipinski definition) is 3. The van der Waals surface area contributed by atoms with Crippen LogP contribution in [0.3, 0.4) is 0 Å². The van der Waals surface area contributed by atoms with Crippen LogP contribution in [0.1, 0.15) is 51.9 Å². The fourth-order valence-corrected chi connectivity index (χ4v) is 4.24. The summed E-state index contributed by atoms with van der Waals surface area (Å²) in [5.74, 6) is 0.289. The van der Waals surface area contributed by atoms with Crippen molar-refractivity contribution in [2.24, 2.45) is 0 Å². The summed E-state index contributed by atoms with van der Waals surface area (Å²) in [4.78, 5) is 16.7. The molecule has 0 aromatic carbocycles. The van der Waals surface area contributed by atoms with E-state index in [0.717, 1.165) is 6.54 Å². The molecule has 0 radical (unpaired) electrons. The van der Waals surface area contributed by atoms with Gasteiger partial charge in [-0.25, -0.2) is 0 Å². The molecule has 1 N–H and O–H groups in total. The molecule has 0 aromatic rings. The Balaban J connectivity index is 1.54. The van der Waals surface area contributed by atoms with Crippen LogP contribution in [0.4, 0.5) is 0 Å². The van der Waals surface area contributed by atoms with Gasteiger partial charge in [0.15, 0.2) is 0 Å². The topological polar surface area (TPSA) is 35.6 Å². The quantitative estimate of drug-likeness (QED) is 0.852. The molecule has 114 valence electrons. The Labute approximate surface area is 122 Å². The number of amides is 1. The summed E-state index contributed by atoms with van der Waals surface area (Å²) in [5, 5.41) is 3.74. The number of carbonyl (C=O) groups excluding carboxylic acids is 1. The largest absolute Gasteiger partial charge is 0.333 e. The zero-order valence-electron chi connectivity index (χ0n) is 13.0. The van der Waals surface area contributed by atoms with Crippen molar-refractivity contribution in [1.82, 2.24) is 15.1 Å². The highest BCUT2D eigenvalue weighted by atomic mass is 16.2. The van der Waals surface area contributed by atoms with Gasteiger partial charge in [-0.2, -0.15) is 0 Å². The monoisotopic (exact) mass is 279 g/mol. The van der Waals surface area contributed by atoms with E-state index in [1.165, 1.54) is 58.0 Å². The second-order valence-corrected chi connectivity index (χ2v) is 7.15. The van der Waals surface area contributed by atoms with Crippen LogP contribution in [0, 0.1) is 0 Å². The fraction of sp³-hybridized carbons (Fsp3) is 0.938. The maximum absolute atomic E-state index is 12.1. The third-order valence-electron chi connectivity index (χ3n) is 5.58. The predicted octanol–water partition coefficient (Wildman–Crippen LogP) is 1.60. The van der Waals surface area contributed by atoms with Crippen molar-refractivity contribution < 1.29 is 4.79 Å². The summed E-state index contributed by atoms with van der Waals surface area (Å²) >= 11 is 0. The molecular formula is C16H29N3O. The lowest BCUT2D eigenvalue weighted by Gasteiger charge is -2.43. The second-order valence-electron chi connectivity index (χ2n) is 7.15. The summed E-state index contributed by atoms with van der Waals surface area (Å²) in [7, 11) is 2.20. The Morgan fingerprint density at radius 3 is 2.50 bits per heavy atom. The first-order chi connectivity index (χ1) is 9.61. The molecule has 2 saturated heterocycles. The van der Waals surface area contributed by atoms with Crippen molar-refractivity contribution in [2.45, 2.75) is 69.5 Å². The Bertz CT molecular complexity index is 359. The molecule has 1 aliphatic carbocycles. The second kappa shape index (κ2) is 5.64. The van der Waals surface area contributed by atoms with Gasteiger partial charge in [-0.15, -0.1) is 0 Å². The highest BCUT2D eigenvalue weighted by molar-refractivity contribution is 5.75. The zero-order chi connectivity index (χ0) is 14.2. The summed E-state index contributed by atoms with van der Waals surface area (Å²) in [6.45, 7) is 5.15. The Kier molecular flexibility index (Phi) is 4.04. The molecule has 4 nitrogen and oxygen atoms in total. The maximum atomic E-state index is 12.1. The molecule has 1 spiro atoms. The van der Waals surface area contributed by atoms with Crippen LogP contribution >= 0.6 is 0 Å². The lowest BCUT2D eigenvalue weighted by atomic mass is 9.93. The minimum absolute atomic E-state index is 0.267. The van der Waals surface area contributed by atoms with Crippen molar-refractivity contribution >= 4 is 5.91 Å². The van der Waals surface area contributed by atoms with Gasteiger partial charge in [0, 0.05) is 31.1 Å². The molecule has 3 aliphatic rings. The molecule has 0 bridgehead atoms. The number of carbonyl (C=O) groups is 1. The van der Waals surface area contributed by atoms with E-state index in [0.29, 0.717) is 12.1 Å². The van der Waals surface area contributed by atoms with Gasteiger partial charge >= 0.3 is 0 Å². The van der Waals surface area contributed by atoms with Crippen LogP contribution in [0.15, 0.2) is 0 Å². The fourth-order valence-electron chi connectivity index (χ4n) is 4.24. The van der Waals surface area contributed by atoms with E-state index in [9.17, 15) is 4.79 Å². The van der Waals surface area contributed by atoms with E-state index >= 15 is 0 Å². The van der Waals surface area contributed by atoms with E-state index in [-0.39, 0.29) is 11.4 Å². The van der Waals surface area contributed by atoms with E-state index < -0.39 is 0 Å². The van der Waals surface area contributed by atoms with Gasteiger partial charge in [-0.05, 0) is 65.1 Å². The minimum Gasteiger partial charge on any atom is -0.333 e. The summed E-state index contributed by atoms with van der Waals surface area (Å²) in [5.41, 5.74) is 0.267. The molecule has 1 unspecified atom stereocenters. The van der Waals surface area contributed by atoms with Gasteiger partial charge in [-0.1, -0.05) is 0 Å². The molecule has 2 aliphatic heterocycles. The van der Waals surface area contributed by atoms with Gasteiger partial charge in [-0.3, -0.25) is 4.79 Å². The number of piperidine rings is 2. The van der Waals surface area contributed by atoms with Crippen LogP contribution in [0.2, 0.25) is 0 Å². The van der Waals surface area contributed by atoms with Gasteiger partial charge in [0.2, 0.25) is 5.91 Å². The number of hydrogen-bond donors (Lipinski definition) is 1. The standard InChI is InChI=1S/C16H29N3O/c1-13(20)19-15(4-3-7-16(19)8-9-16)12-17-14-5-10-18(2)11-6-14/h14-15,17H,3-12H2,1-2H3. The highest BCUT2D eigenvalue weighted by Crippen LogP contribution is 2.50. The van der Waals surface area contributed by atoms with Gasteiger partial charge in [0.05, 0.1) is 0 Å². The third-order valence-corrected chi connectivity index (χ3v) is 5.58. The number of rotatable bonds is 3. The zero-order valence-corrected chi connectivity index (χ0v) is 13.0.